The van der Waals surface area contributed by atoms with Crippen LogP contribution in [0.3, 0.4) is 0 Å². The third-order valence-electron chi connectivity index (χ3n) is 1.64. The summed E-state index contributed by atoms with van der Waals surface area (Å²) >= 11 is 5.65. The van der Waals surface area contributed by atoms with Gasteiger partial charge in [0.1, 0.15) is 17.3 Å². The Morgan fingerprint density at radius 1 is 1.53 bits per heavy atom. The van der Waals surface area contributed by atoms with Gasteiger partial charge in [-0.1, -0.05) is 18.5 Å². The van der Waals surface area contributed by atoms with Crippen LogP contribution < -0.4 is 10.6 Å². The monoisotopic (exact) mass is 228 g/mol. The highest BCUT2D eigenvalue weighted by Crippen LogP contribution is 2.07. The normalized spacial score (nSPS) is 9.73. The molecule has 0 spiro atoms. The van der Waals surface area contributed by atoms with Crippen molar-refractivity contribution in [2.75, 3.05) is 18.4 Å². The highest BCUT2D eigenvalue weighted by Gasteiger charge is 2.00. The van der Waals surface area contributed by atoms with Gasteiger partial charge in [-0.15, -0.1) is 0 Å². The van der Waals surface area contributed by atoms with E-state index in [9.17, 15) is 4.79 Å². The first-order valence-corrected chi connectivity index (χ1v) is 5.08. The van der Waals surface area contributed by atoms with Crippen LogP contribution in [0.4, 0.5) is 5.82 Å². The highest BCUT2D eigenvalue weighted by molar-refractivity contribution is 6.29. The molecule has 0 saturated carbocycles. The summed E-state index contributed by atoms with van der Waals surface area (Å²) in [6.45, 7) is 2.87. The van der Waals surface area contributed by atoms with Crippen LogP contribution in [0.15, 0.2) is 12.4 Å². The number of hydrogen-bond acceptors (Lipinski definition) is 4. The molecule has 0 aliphatic rings. The van der Waals surface area contributed by atoms with Crippen molar-refractivity contribution in [3.63, 3.8) is 0 Å². The van der Waals surface area contributed by atoms with Crippen molar-refractivity contribution < 1.29 is 4.79 Å². The third kappa shape index (κ3) is 4.60. The summed E-state index contributed by atoms with van der Waals surface area (Å²) in [7, 11) is 0. The maximum Gasteiger partial charge on any atom is 0.239 e. The Balaban J connectivity index is 2.33. The maximum atomic E-state index is 11.2. The Morgan fingerprint density at radius 3 is 3.00 bits per heavy atom. The van der Waals surface area contributed by atoms with Crippen molar-refractivity contribution in [2.24, 2.45) is 0 Å². The molecule has 1 aromatic rings. The van der Waals surface area contributed by atoms with Gasteiger partial charge in [0, 0.05) is 12.6 Å². The molecule has 0 unspecified atom stereocenters. The molecule has 6 heteroatoms. The van der Waals surface area contributed by atoms with Crippen molar-refractivity contribution in [3.8, 4) is 0 Å². The molecular weight excluding hydrogens is 216 g/mol. The molecule has 1 rings (SSSR count). The SMILES string of the molecule is CCCNC(=O)CNc1cc(Cl)ncn1. The van der Waals surface area contributed by atoms with Crippen LogP contribution in [-0.4, -0.2) is 29.0 Å². The summed E-state index contributed by atoms with van der Waals surface area (Å²) in [5.41, 5.74) is 0. The second-order valence-corrected chi connectivity index (χ2v) is 3.32. The summed E-state index contributed by atoms with van der Waals surface area (Å²) in [4.78, 5) is 18.8. The molecule has 1 amide bonds. The molecule has 1 heterocycles. The first kappa shape index (κ1) is 11.7. The lowest BCUT2D eigenvalue weighted by Gasteiger charge is -2.05. The van der Waals surface area contributed by atoms with Gasteiger partial charge in [-0.25, -0.2) is 9.97 Å². The number of aromatic nitrogens is 2. The molecular formula is C9H13ClN4O. The van der Waals surface area contributed by atoms with Crippen molar-refractivity contribution in [1.82, 2.24) is 15.3 Å². The van der Waals surface area contributed by atoms with Crippen LogP contribution >= 0.6 is 11.6 Å². The highest BCUT2D eigenvalue weighted by atomic mass is 35.5. The van der Waals surface area contributed by atoms with E-state index in [0.717, 1.165) is 6.42 Å². The fraction of sp³-hybridized carbons (Fsp3) is 0.444. The first-order valence-electron chi connectivity index (χ1n) is 4.70. The second-order valence-electron chi connectivity index (χ2n) is 2.93. The third-order valence-corrected chi connectivity index (χ3v) is 1.84. The standard InChI is InChI=1S/C9H13ClN4O/c1-2-3-11-9(15)5-12-8-4-7(10)13-6-14-8/h4,6H,2-3,5H2,1H3,(H,11,15)(H,12,13,14). The molecule has 82 valence electrons. The zero-order valence-corrected chi connectivity index (χ0v) is 9.21. The molecule has 0 aliphatic heterocycles. The number of nitrogens with one attached hydrogen (secondary N) is 2. The van der Waals surface area contributed by atoms with Crippen molar-refractivity contribution >= 4 is 23.3 Å². The molecule has 0 fully saturated rings. The Hall–Kier alpha value is -1.36. The van der Waals surface area contributed by atoms with E-state index in [-0.39, 0.29) is 12.5 Å². The number of halogens is 1. The van der Waals surface area contributed by atoms with Crippen LogP contribution in [0.25, 0.3) is 0 Å². The Kier molecular flexibility index (Phi) is 4.83. The smallest absolute Gasteiger partial charge is 0.239 e. The van der Waals surface area contributed by atoms with Crippen molar-refractivity contribution in [2.45, 2.75) is 13.3 Å². The number of carbonyl (C=O) groups excluding carboxylic acids is 1. The lowest BCUT2D eigenvalue weighted by molar-refractivity contribution is -0.119. The zero-order valence-electron chi connectivity index (χ0n) is 8.46. The van der Waals surface area contributed by atoms with Gasteiger partial charge in [0.25, 0.3) is 0 Å². The van der Waals surface area contributed by atoms with Gasteiger partial charge in [0.2, 0.25) is 5.91 Å². The Labute approximate surface area is 93.3 Å². The van der Waals surface area contributed by atoms with Crippen molar-refractivity contribution in [1.29, 1.82) is 0 Å². The summed E-state index contributed by atoms with van der Waals surface area (Å²) in [6.07, 6.45) is 2.26. The van der Waals surface area contributed by atoms with Crippen LogP contribution in [0.5, 0.6) is 0 Å². The fourth-order valence-electron chi connectivity index (χ4n) is 0.928. The van der Waals surface area contributed by atoms with Gasteiger partial charge in [-0.05, 0) is 6.42 Å². The van der Waals surface area contributed by atoms with E-state index in [1.54, 1.807) is 6.07 Å². The molecule has 1 aromatic heterocycles. The number of nitrogens with zero attached hydrogens (tertiary/aromatic N) is 2. The minimum absolute atomic E-state index is 0.0633. The van der Waals surface area contributed by atoms with Gasteiger partial charge in [-0.2, -0.15) is 0 Å². The second kappa shape index (κ2) is 6.19. The number of rotatable bonds is 5. The molecule has 0 saturated heterocycles. The Bertz CT molecular complexity index is 332. The maximum absolute atomic E-state index is 11.2. The lowest BCUT2D eigenvalue weighted by Crippen LogP contribution is -2.30. The topological polar surface area (TPSA) is 66.9 Å². The quantitative estimate of drug-likeness (QED) is 0.740. The van der Waals surface area contributed by atoms with Gasteiger partial charge < -0.3 is 10.6 Å². The number of carbonyl (C=O) groups is 1. The fourth-order valence-corrected chi connectivity index (χ4v) is 1.08. The molecule has 15 heavy (non-hydrogen) atoms. The van der Waals surface area contributed by atoms with E-state index in [1.165, 1.54) is 6.33 Å². The molecule has 2 N–H and O–H groups in total. The van der Waals surface area contributed by atoms with E-state index >= 15 is 0 Å². The summed E-state index contributed by atoms with van der Waals surface area (Å²) in [6, 6.07) is 1.56. The van der Waals surface area contributed by atoms with Crippen LogP contribution in [0, 0.1) is 0 Å². The zero-order chi connectivity index (χ0) is 11.1. The van der Waals surface area contributed by atoms with E-state index in [0.29, 0.717) is 17.5 Å². The molecule has 0 bridgehead atoms. The predicted octanol–water partition coefficient (Wildman–Crippen LogP) is 1.07. The average Bonchev–Trinajstić information content (AvgIpc) is 2.23. The molecule has 0 radical (unpaired) electrons. The van der Waals surface area contributed by atoms with Gasteiger partial charge in [0.05, 0.1) is 6.54 Å². The van der Waals surface area contributed by atoms with Gasteiger partial charge in [-0.3, -0.25) is 4.79 Å². The molecule has 0 atom stereocenters. The molecule has 5 nitrogen and oxygen atoms in total. The Morgan fingerprint density at radius 2 is 2.33 bits per heavy atom. The summed E-state index contributed by atoms with van der Waals surface area (Å²) in [5.74, 6) is 0.480. The van der Waals surface area contributed by atoms with Gasteiger partial charge >= 0.3 is 0 Å². The van der Waals surface area contributed by atoms with E-state index in [1.807, 2.05) is 6.92 Å². The van der Waals surface area contributed by atoms with Crippen LogP contribution in [0.2, 0.25) is 5.15 Å². The van der Waals surface area contributed by atoms with E-state index in [4.69, 9.17) is 11.6 Å². The predicted molar refractivity (Wildman–Crippen MR) is 58.8 cm³/mol. The largest absolute Gasteiger partial charge is 0.361 e. The first-order chi connectivity index (χ1) is 7.22. The summed E-state index contributed by atoms with van der Waals surface area (Å²) in [5, 5.41) is 5.93. The van der Waals surface area contributed by atoms with Crippen molar-refractivity contribution in [3.05, 3.63) is 17.5 Å². The number of anilines is 1. The average molecular weight is 229 g/mol. The van der Waals surface area contributed by atoms with E-state index in [2.05, 4.69) is 20.6 Å². The number of amides is 1. The minimum Gasteiger partial charge on any atom is -0.361 e. The van der Waals surface area contributed by atoms with E-state index < -0.39 is 0 Å². The molecule has 0 aliphatic carbocycles. The van der Waals surface area contributed by atoms with Crippen LogP contribution in [-0.2, 0) is 4.79 Å². The number of hydrogen-bond donors (Lipinski definition) is 2. The summed E-state index contributed by atoms with van der Waals surface area (Å²) < 4.78 is 0. The van der Waals surface area contributed by atoms with Gasteiger partial charge in [0.15, 0.2) is 0 Å². The minimum atomic E-state index is -0.0633. The molecule has 0 aromatic carbocycles. The van der Waals surface area contributed by atoms with Crippen LogP contribution in [0.1, 0.15) is 13.3 Å². The lowest BCUT2D eigenvalue weighted by atomic mass is 10.4.